The molecular weight excluding hydrogens is 478 g/mol. The molecule has 202 valence electrons. The van der Waals surface area contributed by atoms with Gasteiger partial charge < -0.3 is 15.3 Å². The Morgan fingerprint density at radius 1 is 1.05 bits per heavy atom. The van der Waals surface area contributed by atoms with Gasteiger partial charge in [0.15, 0.2) is 0 Å². The number of aliphatic hydroxyl groups is 2. The van der Waals surface area contributed by atoms with E-state index in [0.717, 1.165) is 22.3 Å². The van der Waals surface area contributed by atoms with Gasteiger partial charge in [0.25, 0.3) is 0 Å². The molecule has 0 saturated carbocycles. The molecular formula is C32H39NO5. The van der Waals surface area contributed by atoms with Gasteiger partial charge in [-0.15, -0.1) is 0 Å². The minimum absolute atomic E-state index is 0.0724. The number of fused-ring (bicyclic) bond motifs is 1. The molecule has 2 aromatic carbocycles. The van der Waals surface area contributed by atoms with Crippen LogP contribution in [-0.2, 0) is 9.59 Å². The zero-order valence-electron chi connectivity index (χ0n) is 22.5. The van der Waals surface area contributed by atoms with E-state index in [0.29, 0.717) is 37.8 Å². The number of phenols is 1. The van der Waals surface area contributed by atoms with Crippen molar-refractivity contribution in [3.63, 3.8) is 0 Å². The maximum absolute atomic E-state index is 13.3. The number of carbonyl (C=O) groups excluding carboxylic acids is 2. The highest BCUT2D eigenvalue weighted by Gasteiger charge is 2.54. The van der Waals surface area contributed by atoms with Crippen molar-refractivity contribution in [1.82, 2.24) is 4.90 Å². The van der Waals surface area contributed by atoms with Gasteiger partial charge in [-0.25, -0.2) is 0 Å². The van der Waals surface area contributed by atoms with E-state index in [4.69, 9.17) is 0 Å². The molecule has 2 amide bonds. The highest BCUT2D eigenvalue weighted by Crippen LogP contribution is 2.48. The van der Waals surface area contributed by atoms with Crippen molar-refractivity contribution in [1.29, 1.82) is 0 Å². The Morgan fingerprint density at radius 2 is 1.74 bits per heavy atom. The summed E-state index contributed by atoms with van der Waals surface area (Å²) in [6, 6.07) is 17.0. The number of aliphatic hydroxyl groups excluding tert-OH is 2. The summed E-state index contributed by atoms with van der Waals surface area (Å²) in [6.07, 6.45) is 3.10. The summed E-state index contributed by atoms with van der Waals surface area (Å²) in [5.74, 6) is -1.80. The summed E-state index contributed by atoms with van der Waals surface area (Å²) < 4.78 is 0. The number of benzene rings is 2. The lowest BCUT2D eigenvalue weighted by Crippen LogP contribution is -2.39. The Kier molecular flexibility index (Phi) is 8.85. The van der Waals surface area contributed by atoms with Gasteiger partial charge >= 0.3 is 0 Å². The molecule has 38 heavy (non-hydrogen) atoms. The molecule has 6 nitrogen and oxygen atoms in total. The monoisotopic (exact) mass is 517 g/mol. The number of aromatic hydroxyl groups is 1. The van der Waals surface area contributed by atoms with E-state index < -0.39 is 23.9 Å². The number of hydrogen-bond acceptors (Lipinski definition) is 5. The van der Waals surface area contributed by atoms with Gasteiger partial charge in [-0.05, 0) is 60.5 Å². The van der Waals surface area contributed by atoms with Crippen molar-refractivity contribution in [3.05, 3.63) is 76.9 Å². The molecule has 6 heteroatoms. The molecule has 0 radical (unpaired) electrons. The maximum Gasteiger partial charge on any atom is 0.233 e. The lowest BCUT2D eigenvalue weighted by Gasteiger charge is -2.38. The SMILES string of the molecule is CCCN1C(=O)[C@@H]2[C@@H](CC(C(C)C)=C([C@H](O)CC/C(=C/c3ccccc3O)c3ccccc3)[C@@H]2CO)C1=O. The second kappa shape index (κ2) is 12.1. The van der Waals surface area contributed by atoms with Crippen LogP contribution in [-0.4, -0.2) is 51.3 Å². The molecule has 4 atom stereocenters. The average Bonchev–Trinajstić information content (AvgIpc) is 3.16. The van der Waals surface area contributed by atoms with Gasteiger partial charge in [0.1, 0.15) is 5.75 Å². The van der Waals surface area contributed by atoms with Crippen molar-refractivity contribution >= 4 is 23.5 Å². The van der Waals surface area contributed by atoms with E-state index in [-0.39, 0.29) is 30.1 Å². The predicted molar refractivity (Wildman–Crippen MR) is 149 cm³/mol. The number of nitrogens with zero attached hydrogens (tertiary/aromatic N) is 1. The number of amides is 2. The molecule has 0 aromatic heterocycles. The number of imide groups is 1. The maximum atomic E-state index is 13.3. The fourth-order valence-electron chi connectivity index (χ4n) is 6.15. The highest BCUT2D eigenvalue weighted by molar-refractivity contribution is 6.05. The molecule has 0 bridgehead atoms. The number of rotatable bonds is 10. The van der Waals surface area contributed by atoms with Gasteiger partial charge in [0, 0.05) is 18.0 Å². The smallest absolute Gasteiger partial charge is 0.233 e. The van der Waals surface area contributed by atoms with Crippen LogP contribution in [0.2, 0.25) is 0 Å². The van der Waals surface area contributed by atoms with Crippen LogP contribution >= 0.6 is 0 Å². The summed E-state index contributed by atoms with van der Waals surface area (Å²) in [5, 5.41) is 32.4. The standard InChI is InChI=1S/C32H39NO5/c1-4-16-33-31(37)25-18-24(20(2)3)29(26(19-34)30(25)32(33)38)28(36)15-14-22(21-10-6-5-7-11-21)17-23-12-8-9-13-27(23)35/h5-13,17,20,25-26,28,30,34-36H,4,14-16,18-19H2,1-3H3/b22-17-/t25-,26+,28-,30-/m1/s1. The number of likely N-dealkylation sites (tertiary alicyclic amines) is 1. The van der Waals surface area contributed by atoms with Gasteiger partial charge in [-0.2, -0.15) is 0 Å². The number of phenolic OH excluding ortho intramolecular Hbond substituents is 1. The van der Waals surface area contributed by atoms with Gasteiger partial charge in [-0.3, -0.25) is 14.5 Å². The van der Waals surface area contributed by atoms with Crippen LogP contribution in [0.5, 0.6) is 5.75 Å². The molecule has 1 aliphatic heterocycles. The average molecular weight is 518 g/mol. The molecule has 4 rings (SSSR count). The van der Waals surface area contributed by atoms with Crippen LogP contribution in [0.1, 0.15) is 57.6 Å². The zero-order chi connectivity index (χ0) is 27.4. The molecule has 1 heterocycles. The Hall–Kier alpha value is -3.22. The van der Waals surface area contributed by atoms with E-state index in [1.807, 2.05) is 69.3 Å². The summed E-state index contributed by atoms with van der Waals surface area (Å²) in [7, 11) is 0. The molecule has 1 fully saturated rings. The third kappa shape index (κ3) is 5.47. The second-order valence-corrected chi connectivity index (χ2v) is 10.7. The van der Waals surface area contributed by atoms with Gasteiger partial charge in [-0.1, -0.05) is 74.9 Å². The largest absolute Gasteiger partial charge is 0.507 e. The third-order valence-electron chi connectivity index (χ3n) is 8.01. The molecule has 0 unspecified atom stereocenters. The van der Waals surface area contributed by atoms with Gasteiger partial charge in [0.2, 0.25) is 11.8 Å². The summed E-state index contributed by atoms with van der Waals surface area (Å²) in [6.45, 7) is 6.11. The van der Waals surface area contributed by atoms with E-state index in [2.05, 4.69) is 0 Å². The first-order valence-electron chi connectivity index (χ1n) is 13.7. The van der Waals surface area contributed by atoms with Gasteiger partial charge in [0.05, 0.1) is 24.5 Å². The Balaban J connectivity index is 1.65. The number of carbonyl (C=O) groups is 2. The molecule has 1 saturated heterocycles. The van der Waals surface area contributed by atoms with Crippen LogP contribution in [0.15, 0.2) is 65.7 Å². The molecule has 1 aliphatic carbocycles. The van der Waals surface area contributed by atoms with Crippen molar-refractivity contribution in [2.45, 2.75) is 52.6 Å². The Morgan fingerprint density at radius 3 is 2.37 bits per heavy atom. The third-order valence-corrected chi connectivity index (χ3v) is 8.01. The normalized spacial score (nSPS) is 22.8. The first-order chi connectivity index (χ1) is 18.3. The minimum Gasteiger partial charge on any atom is -0.507 e. The van der Waals surface area contributed by atoms with Crippen LogP contribution in [0.25, 0.3) is 11.6 Å². The number of para-hydroxylation sites is 1. The molecule has 2 aliphatic rings. The van der Waals surface area contributed by atoms with Crippen LogP contribution in [0.3, 0.4) is 0 Å². The lowest BCUT2D eigenvalue weighted by atomic mass is 9.66. The van der Waals surface area contributed by atoms with E-state index >= 15 is 0 Å². The fraction of sp³-hybridized carbons (Fsp3) is 0.438. The minimum atomic E-state index is -0.870. The van der Waals surface area contributed by atoms with Crippen molar-refractivity contribution in [3.8, 4) is 5.75 Å². The lowest BCUT2D eigenvalue weighted by molar-refractivity contribution is -0.140. The van der Waals surface area contributed by atoms with Crippen molar-refractivity contribution in [2.24, 2.45) is 23.7 Å². The summed E-state index contributed by atoms with van der Waals surface area (Å²) >= 11 is 0. The number of allylic oxidation sites excluding steroid dienone is 2. The summed E-state index contributed by atoms with van der Waals surface area (Å²) in [4.78, 5) is 27.8. The van der Waals surface area contributed by atoms with Crippen molar-refractivity contribution in [2.75, 3.05) is 13.2 Å². The highest BCUT2D eigenvalue weighted by atomic mass is 16.3. The van der Waals surface area contributed by atoms with E-state index in [9.17, 15) is 24.9 Å². The topological polar surface area (TPSA) is 98.1 Å². The van der Waals surface area contributed by atoms with E-state index in [1.165, 1.54) is 4.90 Å². The first-order valence-corrected chi connectivity index (χ1v) is 13.7. The first kappa shape index (κ1) is 27.8. The van der Waals surface area contributed by atoms with Crippen molar-refractivity contribution < 1.29 is 24.9 Å². The van der Waals surface area contributed by atoms with E-state index in [1.54, 1.807) is 12.1 Å². The summed E-state index contributed by atoms with van der Waals surface area (Å²) in [5.41, 5.74) is 4.35. The molecule has 0 spiro atoms. The van der Waals surface area contributed by atoms with Crippen LogP contribution < -0.4 is 0 Å². The molecule has 2 aromatic rings. The second-order valence-electron chi connectivity index (χ2n) is 10.7. The molecule has 3 N–H and O–H groups in total. The Labute approximate surface area is 225 Å². The predicted octanol–water partition coefficient (Wildman–Crippen LogP) is 5.05. The fourth-order valence-corrected chi connectivity index (χ4v) is 6.15. The zero-order valence-corrected chi connectivity index (χ0v) is 22.5. The van der Waals surface area contributed by atoms with Crippen LogP contribution in [0, 0.1) is 23.7 Å². The van der Waals surface area contributed by atoms with Crippen LogP contribution in [0.4, 0.5) is 0 Å². The number of hydrogen-bond donors (Lipinski definition) is 3. The quantitative estimate of drug-likeness (QED) is 0.233. The Bertz CT molecular complexity index is 1220.